The first-order chi connectivity index (χ1) is 6.02. The Morgan fingerprint density at radius 3 is 1.87 bits per heavy atom. The molecule has 1 radical (unpaired) electrons. The minimum atomic E-state index is -4.28. The molecule has 93 valence electrons. The van der Waals surface area contributed by atoms with Gasteiger partial charge in [-0.3, -0.25) is 0 Å². The van der Waals surface area contributed by atoms with Gasteiger partial charge in [-0.15, -0.1) is 0 Å². The SMILES string of the molecule is CC(=NC(C)(C)C)[N-]C(C)C(F)(F)F.[Co]. The molecule has 2 nitrogen and oxygen atoms in total. The number of hydrogen-bond acceptors (Lipinski definition) is 1. The van der Waals surface area contributed by atoms with Crippen LogP contribution < -0.4 is 0 Å². The van der Waals surface area contributed by atoms with Crippen LogP contribution in [0.3, 0.4) is 0 Å². The second-order valence-electron chi connectivity index (χ2n) is 4.18. The van der Waals surface area contributed by atoms with Gasteiger partial charge in [0.2, 0.25) is 0 Å². The summed E-state index contributed by atoms with van der Waals surface area (Å²) in [5, 5.41) is 3.46. The van der Waals surface area contributed by atoms with E-state index in [1.54, 1.807) is 0 Å². The molecule has 0 heterocycles. The Hall–Kier alpha value is -0.234. The summed E-state index contributed by atoms with van der Waals surface area (Å²) < 4.78 is 36.3. The summed E-state index contributed by atoms with van der Waals surface area (Å²) in [6.07, 6.45) is -4.28. The third-order valence-corrected chi connectivity index (χ3v) is 1.35. The molecule has 0 aliphatic heterocycles. The van der Waals surface area contributed by atoms with Crippen LogP contribution in [-0.2, 0) is 16.8 Å². The van der Waals surface area contributed by atoms with Crippen LogP contribution in [0.1, 0.15) is 34.6 Å². The van der Waals surface area contributed by atoms with E-state index in [2.05, 4.69) is 10.3 Å². The molecule has 15 heavy (non-hydrogen) atoms. The maximum atomic E-state index is 12.1. The third kappa shape index (κ3) is 8.74. The molecule has 0 amide bonds. The number of halogens is 3. The van der Waals surface area contributed by atoms with Crippen molar-refractivity contribution >= 4 is 5.84 Å². The van der Waals surface area contributed by atoms with E-state index in [9.17, 15) is 13.2 Å². The first-order valence-electron chi connectivity index (χ1n) is 4.36. The van der Waals surface area contributed by atoms with Gasteiger partial charge in [0.1, 0.15) is 0 Å². The van der Waals surface area contributed by atoms with Crippen molar-refractivity contribution in [3.8, 4) is 0 Å². The minimum Gasteiger partial charge on any atom is -0.464 e. The maximum absolute atomic E-state index is 12.1. The monoisotopic (exact) mass is 268 g/mol. The number of rotatable bonds is 1. The Morgan fingerprint density at radius 2 is 1.60 bits per heavy atom. The number of alkyl halides is 3. The molecule has 0 aliphatic carbocycles. The maximum Gasteiger partial charge on any atom is 0.390 e. The second kappa shape index (κ2) is 5.74. The van der Waals surface area contributed by atoms with Crippen LogP contribution in [0.2, 0.25) is 0 Å². The summed E-state index contributed by atoms with van der Waals surface area (Å²) in [5.41, 5.74) is -0.390. The summed E-state index contributed by atoms with van der Waals surface area (Å²) in [6, 6.07) is -1.69. The number of amidine groups is 1. The number of hydrogen-bond donors (Lipinski definition) is 0. The third-order valence-electron chi connectivity index (χ3n) is 1.35. The van der Waals surface area contributed by atoms with Crippen LogP contribution >= 0.6 is 0 Å². The Balaban J connectivity index is 0. The summed E-state index contributed by atoms with van der Waals surface area (Å²) in [6.45, 7) is 7.92. The van der Waals surface area contributed by atoms with Gasteiger partial charge in [-0.1, -0.05) is 33.5 Å². The Morgan fingerprint density at radius 1 is 1.20 bits per heavy atom. The van der Waals surface area contributed by atoms with Crippen LogP contribution in [0.5, 0.6) is 0 Å². The Kier molecular flexibility index (Phi) is 6.57. The average Bonchev–Trinajstić information content (AvgIpc) is 1.79. The summed E-state index contributed by atoms with van der Waals surface area (Å²) >= 11 is 0. The molecule has 1 unspecified atom stereocenters. The molecule has 0 aliphatic rings. The van der Waals surface area contributed by atoms with E-state index in [0.29, 0.717) is 0 Å². The van der Waals surface area contributed by atoms with E-state index in [1.165, 1.54) is 6.92 Å². The van der Waals surface area contributed by atoms with E-state index in [4.69, 9.17) is 0 Å². The van der Waals surface area contributed by atoms with E-state index >= 15 is 0 Å². The fraction of sp³-hybridized carbons (Fsp3) is 0.889. The fourth-order valence-corrected chi connectivity index (χ4v) is 0.868. The molecule has 0 aromatic heterocycles. The van der Waals surface area contributed by atoms with Gasteiger partial charge in [0.25, 0.3) is 0 Å². The van der Waals surface area contributed by atoms with Gasteiger partial charge in [0.15, 0.2) is 0 Å². The first kappa shape index (κ1) is 17.2. The van der Waals surface area contributed by atoms with Crippen molar-refractivity contribution in [1.29, 1.82) is 0 Å². The van der Waals surface area contributed by atoms with Gasteiger partial charge < -0.3 is 10.3 Å². The van der Waals surface area contributed by atoms with Crippen molar-refractivity contribution in [2.45, 2.75) is 52.4 Å². The molecule has 0 bridgehead atoms. The first-order valence-corrected chi connectivity index (χ1v) is 4.36. The molecule has 0 aromatic rings. The molecule has 0 saturated carbocycles. The molecule has 0 spiro atoms. The second-order valence-corrected chi connectivity index (χ2v) is 4.18. The molecule has 0 fully saturated rings. The zero-order chi connectivity index (χ0) is 11.6. The fourth-order valence-electron chi connectivity index (χ4n) is 0.868. The quantitative estimate of drug-likeness (QED) is 0.514. The molecule has 0 N–H and O–H groups in total. The molecule has 1 atom stereocenters. The van der Waals surface area contributed by atoms with Crippen molar-refractivity contribution in [1.82, 2.24) is 0 Å². The van der Waals surface area contributed by atoms with Gasteiger partial charge >= 0.3 is 6.18 Å². The smallest absolute Gasteiger partial charge is 0.390 e. The van der Waals surface area contributed by atoms with Gasteiger partial charge in [-0.2, -0.15) is 13.2 Å². The van der Waals surface area contributed by atoms with Crippen LogP contribution in [0.4, 0.5) is 13.2 Å². The number of nitrogens with zero attached hydrogens (tertiary/aromatic N) is 2. The molecular weight excluding hydrogens is 252 g/mol. The number of aliphatic imine (C=N–C) groups is 1. The van der Waals surface area contributed by atoms with Crippen molar-refractivity contribution in [3.63, 3.8) is 0 Å². The van der Waals surface area contributed by atoms with Crippen LogP contribution in [0, 0.1) is 0 Å². The molecular formula is C9H16CoF3N2-. The normalized spacial score (nSPS) is 15.6. The minimum absolute atomic E-state index is 0. The van der Waals surface area contributed by atoms with E-state index in [0.717, 1.165) is 6.92 Å². The van der Waals surface area contributed by atoms with Gasteiger partial charge in [-0.25, -0.2) is 0 Å². The van der Waals surface area contributed by atoms with Crippen molar-refractivity contribution in [3.05, 3.63) is 5.32 Å². The zero-order valence-electron chi connectivity index (χ0n) is 9.44. The van der Waals surface area contributed by atoms with Crippen LogP contribution in [0.15, 0.2) is 4.99 Å². The standard InChI is InChI=1S/C9H16F3N2.Co/c1-6(9(10,11)12)13-7(2)14-8(3,4)5;/h6H,1-5H3;/q-1;. The van der Waals surface area contributed by atoms with Gasteiger partial charge in [0, 0.05) is 16.8 Å². The van der Waals surface area contributed by atoms with Crippen LogP contribution in [-0.4, -0.2) is 23.6 Å². The molecule has 6 heteroatoms. The predicted octanol–water partition coefficient (Wildman–Crippen LogP) is 3.53. The van der Waals surface area contributed by atoms with Gasteiger partial charge in [0.05, 0.1) is 6.04 Å². The average molecular weight is 268 g/mol. The Labute approximate surface area is 98.9 Å². The van der Waals surface area contributed by atoms with E-state index in [1.807, 2.05) is 20.8 Å². The van der Waals surface area contributed by atoms with Crippen molar-refractivity contribution in [2.75, 3.05) is 0 Å². The largest absolute Gasteiger partial charge is 0.464 e. The summed E-state index contributed by atoms with van der Waals surface area (Å²) in [4.78, 5) is 4.01. The summed E-state index contributed by atoms with van der Waals surface area (Å²) in [5.74, 6) is 0.183. The zero-order valence-corrected chi connectivity index (χ0v) is 10.5. The van der Waals surface area contributed by atoms with E-state index < -0.39 is 12.2 Å². The molecule has 0 aromatic carbocycles. The van der Waals surface area contributed by atoms with Crippen LogP contribution in [0.25, 0.3) is 5.32 Å². The van der Waals surface area contributed by atoms with E-state index in [-0.39, 0.29) is 28.2 Å². The summed E-state index contributed by atoms with van der Waals surface area (Å²) in [7, 11) is 0. The predicted molar refractivity (Wildman–Crippen MR) is 51.7 cm³/mol. The Bertz CT molecular complexity index is 218. The van der Waals surface area contributed by atoms with Crippen molar-refractivity contribution < 1.29 is 30.0 Å². The van der Waals surface area contributed by atoms with Gasteiger partial charge in [-0.05, 0) is 12.5 Å². The van der Waals surface area contributed by atoms with Crippen molar-refractivity contribution in [2.24, 2.45) is 4.99 Å². The molecule has 0 saturated heterocycles. The topological polar surface area (TPSA) is 26.5 Å². The molecule has 0 rings (SSSR count).